The van der Waals surface area contributed by atoms with E-state index in [1.807, 2.05) is 13.0 Å². The van der Waals surface area contributed by atoms with Crippen LogP contribution in [-0.4, -0.2) is 6.04 Å². The Labute approximate surface area is 71.6 Å². The number of hydrogen-bond acceptors (Lipinski definition) is 0. The van der Waals surface area contributed by atoms with Gasteiger partial charge in [-0.15, -0.1) is 0 Å². The second-order valence-electron chi connectivity index (χ2n) is 3.26. The Morgan fingerprint density at radius 1 is 1.50 bits per heavy atom. The molecule has 0 spiro atoms. The van der Waals surface area contributed by atoms with Crippen LogP contribution in [0.25, 0.3) is 0 Å². The number of fused-ring (bicyclic) bond motifs is 1. The number of para-hydroxylation sites is 1. The van der Waals surface area contributed by atoms with Gasteiger partial charge < -0.3 is 0 Å². The summed E-state index contributed by atoms with van der Waals surface area (Å²) in [6.07, 6.45) is 1.99. The second-order valence-corrected chi connectivity index (χ2v) is 3.26. The van der Waals surface area contributed by atoms with Crippen LogP contribution in [0, 0.1) is 5.82 Å². The summed E-state index contributed by atoms with van der Waals surface area (Å²) < 4.78 is 13.2. The molecule has 0 amide bonds. The van der Waals surface area contributed by atoms with Crippen molar-refractivity contribution < 1.29 is 4.39 Å². The van der Waals surface area contributed by atoms with E-state index in [0.29, 0.717) is 5.69 Å². The minimum absolute atomic E-state index is 0.181. The van der Waals surface area contributed by atoms with Gasteiger partial charge in [0.2, 0.25) is 0 Å². The highest BCUT2D eigenvalue weighted by atomic mass is 19.1. The fraction of sp³-hybridized carbons (Fsp3) is 0.400. The maximum absolute atomic E-state index is 13.2. The first-order valence-electron chi connectivity index (χ1n) is 4.25. The van der Waals surface area contributed by atoms with Crippen molar-refractivity contribution in [3.63, 3.8) is 0 Å². The topological polar surface area (TPSA) is 14.1 Å². The monoisotopic (exact) mass is 164 g/mol. The molecule has 1 atom stereocenters. The quantitative estimate of drug-likeness (QED) is 0.559. The highest BCUT2D eigenvalue weighted by Crippen LogP contribution is 2.27. The van der Waals surface area contributed by atoms with Crippen LogP contribution < -0.4 is 5.32 Å². The van der Waals surface area contributed by atoms with Gasteiger partial charge in [0, 0.05) is 6.04 Å². The van der Waals surface area contributed by atoms with Crippen LogP contribution in [0.1, 0.15) is 18.9 Å². The third kappa shape index (κ3) is 1.17. The summed E-state index contributed by atoms with van der Waals surface area (Å²) in [5.41, 5.74) is 1.63. The predicted molar refractivity (Wildman–Crippen MR) is 46.0 cm³/mol. The van der Waals surface area contributed by atoms with E-state index in [1.165, 1.54) is 6.07 Å². The molecule has 1 aromatic carbocycles. The van der Waals surface area contributed by atoms with Gasteiger partial charge in [-0.2, -0.15) is 0 Å². The highest BCUT2D eigenvalue weighted by Gasteiger charge is 2.18. The Balaban J connectivity index is 2.43. The number of rotatable bonds is 0. The molecule has 1 aromatic rings. The third-order valence-corrected chi connectivity index (χ3v) is 2.25. The molecule has 0 aromatic heterocycles. The average Bonchev–Trinajstić information content (AvgIpc) is 2.07. The molecule has 12 heavy (non-hydrogen) atoms. The van der Waals surface area contributed by atoms with E-state index in [0.717, 1.165) is 18.4 Å². The van der Waals surface area contributed by atoms with Gasteiger partial charge in [-0.1, -0.05) is 12.1 Å². The Morgan fingerprint density at radius 3 is 3.17 bits per heavy atom. The number of hydrogen-bond donors (Lipinski definition) is 0. The van der Waals surface area contributed by atoms with Gasteiger partial charge in [-0.05, 0) is 31.4 Å². The molecule has 1 heterocycles. The second kappa shape index (κ2) is 2.77. The summed E-state index contributed by atoms with van der Waals surface area (Å²) in [4.78, 5) is 0. The van der Waals surface area contributed by atoms with Gasteiger partial charge in [-0.3, -0.25) is 5.32 Å². The van der Waals surface area contributed by atoms with Gasteiger partial charge in [-0.25, -0.2) is 4.39 Å². The van der Waals surface area contributed by atoms with E-state index >= 15 is 0 Å². The summed E-state index contributed by atoms with van der Waals surface area (Å²) in [6.45, 7) is 2.02. The molecule has 1 nitrogen and oxygen atoms in total. The van der Waals surface area contributed by atoms with Gasteiger partial charge in [0.15, 0.2) is 0 Å². The van der Waals surface area contributed by atoms with E-state index in [-0.39, 0.29) is 11.9 Å². The zero-order valence-corrected chi connectivity index (χ0v) is 7.05. The van der Waals surface area contributed by atoms with Gasteiger partial charge >= 0.3 is 0 Å². The van der Waals surface area contributed by atoms with Crippen LogP contribution in [0.5, 0.6) is 0 Å². The molecule has 2 heteroatoms. The maximum Gasteiger partial charge on any atom is 0.148 e. The number of nitrogens with zero attached hydrogens (tertiary/aromatic N) is 1. The molecule has 1 aliphatic heterocycles. The van der Waals surface area contributed by atoms with Gasteiger partial charge in [0.1, 0.15) is 5.82 Å². The Bertz CT molecular complexity index is 296. The van der Waals surface area contributed by atoms with Crippen LogP contribution in [0.4, 0.5) is 10.1 Å². The minimum Gasteiger partial charge on any atom is -0.279 e. The highest BCUT2D eigenvalue weighted by molar-refractivity contribution is 5.48. The first-order chi connectivity index (χ1) is 5.77. The lowest BCUT2D eigenvalue weighted by atomic mass is 9.99. The standard InChI is InChI=1S/C10H11FN/c1-7-5-6-8-3-2-4-9(11)10(8)12-7/h2-4,7H,5-6H2,1H3. The molecule has 63 valence electrons. The molecule has 1 radical (unpaired) electrons. The molecule has 0 saturated heterocycles. The maximum atomic E-state index is 13.2. The van der Waals surface area contributed by atoms with Crippen molar-refractivity contribution in [2.75, 3.05) is 0 Å². The smallest absolute Gasteiger partial charge is 0.148 e. The molecule has 0 saturated carbocycles. The van der Waals surface area contributed by atoms with Crippen molar-refractivity contribution in [1.29, 1.82) is 0 Å². The number of benzene rings is 1. The molecule has 1 aliphatic rings. The molecular weight excluding hydrogens is 153 g/mol. The van der Waals surface area contributed by atoms with Crippen LogP contribution >= 0.6 is 0 Å². The summed E-state index contributed by atoms with van der Waals surface area (Å²) in [5, 5.41) is 4.27. The lowest BCUT2D eigenvalue weighted by Gasteiger charge is -2.21. The van der Waals surface area contributed by atoms with Crippen LogP contribution in [0.3, 0.4) is 0 Å². The summed E-state index contributed by atoms with van der Waals surface area (Å²) in [7, 11) is 0. The van der Waals surface area contributed by atoms with E-state index in [1.54, 1.807) is 6.07 Å². The van der Waals surface area contributed by atoms with Crippen molar-refractivity contribution in [2.45, 2.75) is 25.8 Å². The molecular formula is C10H11FN. The summed E-state index contributed by atoms with van der Waals surface area (Å²) in [5.74, 6) is -0.181. The van der Waals surface area contributed by atoms with Crippen molar-refractivity contribution in [3.8, 4) is 0 Å². The molecule has 2 rings (SSSR count). The average molecular weight is 164 g/mol. The van der Waals surface area contributed by atoms with E-state index in [4.69, 9.17) is 0 Å². The lowest BCUT2D eigenvalue weighted by Crippen LogP contribution is -2.21. The summed E-state index contributed by atoms with van der Waals surface area (Å²) in [6, 6.07) is 5.45. The molecule has 0 aliphatic carbocycles. The first kappa shape index (κ1) is 7.59. The van der Waals surface area contributed by atoms with Crippen molar-refractivity contribution in [1.82, 2.24) is 5.32 Å². The van der Waals surface area contributed by atoms with Gasteiger partial charge in [0.25, 0.3) is 0 Å². The van der Waals surface area contributed by atoms with Crippen LogP contribution in [-0.2, 0) is 6.42 Å². The van der Waals surface area contributed by atoms with Crippen molar-refractivity contribution in [3.05, 3.63) is 29.6 Å². The largest absolute Gasteiger partial charge is 0.279 e. The van der Waals surface area contributed by atoms with E-state index < -0.39 is 0 Å². The molecule has 0 fully saturated rings. The van der Waals surface area contributed by atoms with Crippen molar-refractivity contribution in [2.24, 2.45) is 0 Å². The normalized spacial score (nSPS) is 21.3. The van der Waals surface area contributed by atoms with E-state index in [9.17, 15) is 4.39 Å². The zero-order valence-electron chi connectivity index (χ0n) is 7.05. The zero-order chi connectivity index (χ0) is 8.55. The molecule has 0 bridgehead atoms. The predicted octanol–water partition coefficient (Wildman–Crippen LogP) is 2.40. The van der Waals surface area contributed by atoms with Crippen LogP contribution in [0.2, 0.25) is 0 Å². The minimum atomic E-state index is -0.181. The van der Waals surface area contributed by atoms with Crippen LogP contribution in [0.15, 0.2) is 18.2 Å². The number of halogens is 1. The summed E-state index contributed by atoms with van der Waals surface area (Å²) >= 11 is 0. The Kier molecular flexibility index (Phi) is 1.75. The van der Waals surface area contributed by atoms with Crippen molar-refractivity contribution >= 4 is 5.69 Å². The molecule has 1 unspecified atom stereocenters. The lowest BCUT2D eigenvalue weighted by molar-refractivity contribution is 0.524. The first-order valence-corrected chi connectivity index (χ1v) is 4.25. The Morgan fingerprint density at radius 2 is 2.33 bits per heavy atom. The van der Waals surface area contributed by atoms with Gasteiger partial charge in [0.05, 0.1) is 5.69 Å². The SMILES string of the molecule is CC1CCc2cccc(F)c2[N]1. The fourth-order valence-corrected chi connectivity index (χ4v) is 1.56. The number of aryl methyl sites for hydroxylation is 1. The fourth-order valence-electron chi connectivity index (χ4n) is 1.56. The Hall–Kier alpha value is -1.05. The van der Waals surface area contributed by atoms with E-state index in [2.05, 4.69) is 5.32 Å². The third-order valence-electron chi connectivity index (χ3n) is 2.25. The molecule has 0 N–H and O–H groups in total.